The Kier molecular flexibility index (Phi) is 6.17. The third kappa shape index (κ3) is 4.58. The van der Waals surface area contributed by atoms with E-state index in [2.05, 4.69) is 20.9 Å². The fourth-order valence-electron chi connectivity index (χ4n) is 2.89. The first-order valence-corrected chi connectivity index (χ1v) is 9.35. The lowest BCUT2D eigenvalue weighted by Gasteiger charge is -2.21. The van der Waals surface area contributed by atoms with Crippen LogP contribution in [-0.2, 0) is 4.79 Å². The van der Waals surface area contributed by atoms with E-state index in [4.69, 9.17) is 0 Å². The fraction of sp³-hybridized carbons (Fsp3) is 0.250. The number of carbonyl (C=O) groups excluding carboxylic acids is 2. The summed E-state index contributed by atoms with van der Waals surface area (Å²) < 4.78 is 0.952. The van der Waals surface area contributed by atoms with Crippen molar-refractivity contribution in [2.75, 3.05) is 26.2 Å². The van der Waals surface area contributed by atoms with Gasteiger partial charge in [0.1, 0.15) is 0 Å². The van der Waals surface area contributed by atoms with Gasteiger partial charge < -0.3 is 9.80 Å². The van der Waals surface area contributed by atoms with Crippen LogP contribution >= 0.6 is 15.9 Å². The average Bonchev–Trinajstić information content (AvgIpc) is 2.93. The van der Waals surface area contributed by atoms with E-state index in [0.717, 1.165) is 16.5 Å². The van der Waals surface area contributed by atoms with Crippen molar-refractivity contribution < 1.29 is 9.59 Å². The van der Waals surface area contributed by atoms with Gasteiger partial charge in [-0.1, -0.05) is 34.1 Å². The Bertz CT molecular complexity index is 808. The van der Waals surface area contributed by atoms with Crippen molar-refractivity contribution in [2.45, 2.75) is 6.42 Å². The van der Waals surface area contributed by atoms with Gasteiger partial charge in [-0.15, -0.1) is 0 Å². The van der Waals surface area contributed by atoms with Gasteiger partial charge in [0, 0.05) is 49.1 Å². The smallest absolute Gasteiger partial charge is 0.255 e. The largest absolute Gasteiger partial charge is 0.337 e. The van der Waals surface area contributed by atoms with Gasteiger partial charge >= 0.3 is 0 Å². The molecule has 0 N–H and O–H groups in total. The van der Waals surface area contributed by atoms with Crippen LogP contribution in [-0.4, -0.2) is 52.8 Å². The summed E-state index contributed by atoms with van der Waals surface area (Å²) in [7, 11) is 0. The molecular weight excluding hydrogens is 394 g/mol. The number of nitrogens with zero attached hydrogens (tertiary/aromatic N) is 3. The Morgan fingerprint density at radius 1 is 1.00 bits per heavy atom. The Morgan fingerprint density at radius 2 is 1.77 bits per heavy atom. The second-order valence-electron chi connectivity index (χ2n) is 6.07. The van der Waals surface area contributed by atoms with E-state index < -0.39 is 0 Å². The standard InChI is InChI=1S/C20H20BrN3O2/c21-18-7-2-1-5-16(18)8-9-19(25)23-11-4-12-24(14-13-23)20(26)17-6-3-10-22-15-17/h1-3,5-10,15H,4,11-14H2/b9-8+. The summed E-state index contributed by atoms with van der Waals surface area (Å²) >= 11 is 3.48. The molecule has 26 heavy (non-hydrogen) atoms. The number of amides is 2. The summed E-state index contributed by atoms with van der Waals surface area (Å²) in [4.78, 5) is 32.6. The second-order valence-corrected chi connectivity index (χ2v) is 6.92. The molecule has 1 fully saturated rings. The molecule has 0 spiro atoms. The molecule has 5 nitrogen and oxygen atoms in total. The molecule has 134 valence electrons. The number of benzene rings is 1. The summed E-state index contributed by atoms with van der Waals surface area (Å²) in [5.41, 5.74) is 1.55. The molecule has 6 heteroatoms. The third-order valence-corrected chi connectivity index (χ3v) is 5.04. The molecular formula is C20H20BrN3O2. The van der Waals surface area contributed by atoms with Gasteiger partial charge in [0.25, 0.3) is 5.91 Å². The molecule has 1 aliphatic heterocycles. The number of hydrogen-bond donors (Lipinski definition) is 0. The Morgan fingerprint density at radius 3 is 2.54 bits per heavy atom. The molecule has 2 aromatic rings. The van der Waals surface area contributed by atoms with Crippen molar-refractivity contribution in [2.24, 2.45) is 0 Å². The highest BCUT2D eigenvalue weighted by molar-refractivity contribution is 9.10. The maximum Gasteiger partial charge on any atom is 0.255 e. The normalized spacial score (nSPS) is 15.1. The first-order chi connectivity index (χ1) is 12.6. The van der Waals surface area contributed by atoms with Gasteiger partial charge in [-0.05, 0) is 36.3 Å². The second kappa shape index (κ2) is 8.76. The Labute approximate surface area is 161 Å². The van der Waals surface area contributed by atoms with E-state index in [1.807, 2.05) is 30.3 Å². The van der Waals surface area contributed by atoms with E-state index in [9.17, 15) is 9.59 Å². The van der Waals surface area contributed by atoms with Gasteiger partial charge in [0.2, 0.25) is 5.91 Å². The lowest BCUT2D eigenvalue weighted by molar-refractivity contribution is -0.125. The van der Waals surface area contributed by atoms with Crippen molar-refractivity contribution in [1.29, 1.82) is 0 Å². The quantitative estimate of drug-likeness (QED) is 0.725. The molecule has 0 unspecified atom stereocenters. The van der Waals surface area contributed by atoms with Gasteiger partial charge in [-0.2, -0.15) is 0 Å². The molecule has 2 amide bonds. The fourth-order valence-corrected chi connectivity index (χ4v) is 3.31. The van der Waals surface area contributed by atoms with E-state index in [-0.39, 0.29) is 11.8 Å². The van der Waals surface area contributed by atoms with Crippen molar-refractivity contribution in [3.05, 3.63) is 70.5 Å². The highest BCUT2D eigenvalue weighted by atomic mass is 79.9. The van der Waals surface area contributed by atoms with Crippen molar-refractivity contribution in [3.8, 4) is 0 Å². The number of pyridine rings is 1. The molecule has 1 saturated heterocycles. The van der Waals surface area contributed by atoms with Crippen LogP contribution in [0.2, 0.25) is 0 Å². The highest BCUT2D eigenvalue weighted by Crippen LogP contribution is 2.17. The maximum absolute atomic E-state index is 12.5. The third-order valence-electron chi connectivity index (χ3n) is 4.31. The SMILES string of the molecule is O=C(/C=C/c1ccccc1Br)N1CCCN(C(=O)c2cccnc2)CC1. The van der Waals surface area contributed by atoms with Gasteiger partial charge in [0.05, 0.1) is 5.56 Å². The predicted octanol–water partition coefficient (Wildman–Crippen LogP) is 3.23. The van der Waals surface area contributed by atoms with Crippen LogP contribution in [0, 0.1) is 0 Å². The molecule has 0 bridgehead atoms. The van der Waals surface area contributed by atoms with E-state index in [1.165, 1.54) is 0 Å². The number of halogens is 1. The molecule has 0 radical (unpaired) electrons. The number of hydrogen-bond acceptors (Lipinski definition) is 3. The lowest BCUT2D eigenvalue weighted by atomic mass is 10.2. The summed E-state index contributed by atoms with van der Waals surface area (Å²) in [5.74, 6) is -0.0624. The van der Waals surface area contributed by atoms with E-state index in [1.54, 1.807) is 40.4 Å². The maximum atomic E-state index is 12.5. The summed E-state index contributed by atoms with van der Waals surface area (Å²) in [5, 5.41) is 0. The average molecular weight is 414 g/mol. The zero-order valence-corrected chi connectivity index (χ0v) is 15.9. The van der Waals surface area contributed by atoms with Crippen molar-refractivity contribution in [3.63, 3.8) is 0 Å². The topological polar surface area (TPSA) is 53.5 Å². The Hall–Kier alpha value is -2.47. The molecule has 3 rings (SSSR count). The lowest BCUT2D eigenvalue weighted by Crippen LogP contribution is -2.36. The van der Waals surface area contributed by atoms with Crippen LogP contribution < -0.4 is 0 Å². The number of carbonyl (C=O) groups is 2. The van der Waals surface area contributed by atoms with Crippen molar-refractivity contribution >= 4 is 33.8 Å². The van der Waals surface area contributed by atoms with Crippen LogP contribution in [0.1, 0.15) is 22.3 Å². The predicted molar refractivity (Wildman–Crippen MR) is 105 cm³/mol. The molecule has 2 heterocycles. The zero-order chi connectivity index (χ0) is 18.4. The molecule has 0 saturated carbocycles. The minimum atomic E-state index is -0.0313. The highest BCUT2D eigenvalue weighted by Gasteiger charge is 2.21. The number of aromatic nitrogens is 1. The van der Waals surface area contributed by atoms with Crippen molar-refractivity contribution in [1.82, 2.24) is 14.8 Å². The molecule has 1 aromatic heterocycles. The first kappa shape index (κ1) is 18.3. The van der Waals surface area contributed by atoms with Crippen LogP contribution in [0.15, 0.2) is 59.3 Å². The minimum absolute atomic E-state index is 0.0311. The van der Waals surface area contributed by atoms with E-state index >= 15 is 0 Å². The monoisotopic (exact) mass is 413 g/mol. The van der Waals surface area contributed by atoms with Crippen LogP contribution in [0.25, 0.3) is 6.08 Å². The van der Waals surface area contributed by atoms with Crippen LogP contribution in [0.4, 0.5) is 0 Å². The van der Waals surface area contributed by atoms with Gasteiger partial charge in [-0.3, -0.25) is 14.6 Å². The molecule has 1 aromatic carbocycles. The number of rotatable bonds is 3. The first-order valence-electron chi connectivity index (χ1n) is 8.56. The summed E-state index contributed by atoms with van der Waals surface area (Å²) in [6.45, 7) is 2.36. The zero-order valence-electron chi connectivity index (χ0n) is 14.3. The molecule has 0 aliphatic carbocycles. The van der Waals surface area contributed by atoms with Crippen LogP contribution in [0.5, 0.6) is 0 Å². The summed E-state index contributed by atoms with van der Waals surface area (Å²) in [6, 6.07) is 11.3. The summed E-state index contributed by atoms with van der Waals surface area (Å²) in [6.07, 6.45) is 7.41. The van der Waals surface area contributed by atoms with Gasteiger partial charge in [-0.25, -0.2) is 0 Å². The molecule has 1 aliphatic rings. The molecule has 0 atom stereocenters. The van der Waals surface area contributed by atoms with Gasteiger partial charge in [0.15, 0.2) is 0 Å². The van der Waals surface area contributed by atoms with Crippen LogP contribution in [0.3, 0.4) is 0 Å². The van der Waals surface area contributed by atoms with E-state index in [0.29, 0.717) is 31.7 Å². The minimum Gasteiger partial charge on any atom is -0.337 e. The Balaban J connectivity index is 1.60.